The molecule has 1 aliphatic heterocycles. The van der Waals surface area contributed by atoms with Crippen LogP contribution in [0.3, 0.4) is 0 Å². The molecule has 1 aromatic rings. The van der Waals surface area contributed by atoms with Crippen molar-refractivity contribution in [2.24, 2.45) is 0 Å². The van der Waals surface area contributed by atoms with Crippen LogP contribution in [0, 0.1) is 0 Å². The Labute approximate surface area is 132 Å². The second-order valence-corrected chi connectivity index (χ2v) is 8.87. The van der Waals surface area contributed by atoms with Crippen LogP contribution in [-0.4, -0.2) is 37.2 Å². The third-order valence-corrected chi connectivity index (χ3v) is 5.00. The maximum atomic E-state index is 12.6. The molecular formula is C16H24N2O3S. The fourth-order valence-corrected chi connectivity index (χ4v) is 3.93. The van der Waals surface area contributed by atoms with Crippen molar-refractivity contribution in [3.63, 3.8) is 0 Å². The number of carbonyl (C=O) groups excluding carboxylic acids is 1. The summed E-state index contributed by atoms with van der Waals surface area (Å²) in [5.74, 6) is -0.0810. The Morgan fingerprint density at radius 2 is 2.00 bits per heavy atom. The van der Waals surface area contributed by atoms with E-state index in [9.17, 15) is 13.2 Å². The summed E-state index contributed by atoms with van der Waals surface area (Å²) < 4.78 is 23.1. The number of anilines is 1. The monoisotopic (exact) mass is 324 g/mol. The molecule has 0 aromatic heterocycles. The lowest BCUT2D eigenvalue weighted by Gasteiger charge is -2.34. The van der Waals surface area contributed by atoms with Gasteiger partial charge in [0.05, 0.1) is 5.75 Å². The summed E-state index contributed by atoms with van der Waals surface area (Å²) in [7, 11) is -3.15. The number of benzene rings is 1. The third kappa shape index (κ3) is 3.80. The van der Waals surface area contributed by atoms with Gasteiger partial charge in [0.1, 0.15) is 0 Å². The molecule has 6 heteroatoms. The van der Waals surface area contributed by atoms with Gasteiger partial charge in [-0.25, -0.2) is 13.2 Å². The largest absolute Gasteiger partial charge is 0.322 e. The first kappa shape index (κ1) is 16.8. The van der Waals surface area contributed by atoms with Gasteiger partial charge in [0.2, 0.25) is 0 Å². The van der Waals surface area contributed by atoms with Crippen LogP contribution < -0.4 is 5.32 Å². The zero-order chi connectivity index (χ0) is 16.5. The molecule has 0 saturated carbocycles. The molecule has 122 valence electrons. The van der Waals surface area contributed by atoms with E-state index in [1.54, 1.807) is 24.3 Å². The van der Waals surface area contributed by atoms with E-state index in [1.807, 2.05) is 11.8 Å². The van der Waals surface area contributed by atoms with Gasteiger partial charge in [-0.2, -0.15) is 0 Å². The third-order valence-electron chi connectivity index (χ3n) is 4.16. The highest BCUT2D eigenvalue weighted by molar-refractivity contribution is 7.89. The molecule has 2 amide bonds. The van der Waals surface area contributed by atoms with Crippen molar-refractivity contribution < 1.29 is 13.2 Å². The number of rotatable bonds is 3. The van der Waals surface area contributed by atoms with Gasteiger partial charge in [0, 0.05) is 23.5 Å². The lowest BCUT2D eigenvalue weighted by molar-refractivity contribution is 0.157. The summed E-state index contributed by atoms with van der Waals surface area (Å²) in [4.78, 5) is 14.5. The number of likely N-dealkylation sites (tertiary alicyclic amines) is 1. The van der Waals surface area contributed by atoms with Crippen molar-refractivity contribution in [3.05, 3.63) is 29.8 Å². The van der Waals surface area contributed by atoms with Crippen molar-refractivity contribution in [2.45, 2.75) is 50.9 Å². The van der Waals surface area contributed by atoms with Crippen LogP contribution >= 0.6 is 0 Å². The van der Waals surface area contributed by atoms with E-state index in [4.69, 9.17) is 0 Å². The van der Waals surface area contributed by atoms with Crippen LogP contribution in [0.2, 0.25) is 0 Å². The van der Waals surface area contributed by atoms with Crippen LogP contribution in [0.15, 0.2) is 24.3 Å². The standard InChI is InChI=1S/C16H24N2O3S/c1-12-9-10-16(2,3)18(12)15(19)17-14-8-6-5-7-13(14)11-22(4,20)21/h5-8,12H,9-11H2,1-4H3,(H,17,19). The fraction of sp³-hybridized carbons (Fsp3) is 0.562. The number of hydrogen-bond acceptors (Lipinski definition) is 3. The van der Waals surface area contributed by atoms with Crippen molar-refractivity contribution in [3.8, 4) is 0 Å². The smallest absolute Gasteiger partial charge is 0.317 e. The number of hydrogen-bond donors (Lipinski definition) is 1. The number of nitrogens with one attached hydrogen (secondary N) is 1. The lowest BCUT2D eigenvalue weighted by Crippen LogP contribution is -2.48. The first-order valence-corrected chi connectivity index (χ1v) is 9.52. The molecular weight excluding hydrogens is 300 g/mol. The number of carbonyl (C=O) groups is 1. The predicted octanol–water partition coefficient (Wildman–Crippen LogP) is 3.03. The Morgan fingerprint density at radius 1 is 1.36 bits per heavy atom. The van der Waals surface area contributed by atoms with Gasteiger partial charge in [-0.05, 0) is 45.2 Å². The van der Waals surface area contributed by atoms with E-state index in [0.29, 0.717) is 11.3 Å². The van der Waals surface area contributed by atoms with Crippen molar-refractivity contribution in [1.82, 2.24) is 4.90 Å². The average molecular weight is 324 g/mol. The van der Waals surface area contributed by atoms with Crippen LogP contribution in [0.25, 0.3) is 0 Å². The minimum absolute atomic E-state index is 0.0810. The van der Waals surface area contributed by atoms with Crippen molar-refractivity contribution in [2.75, 3.05) is 11.6 Å². The minimum Gasteiger partial charge on any atom is -0.317 e. The fourth-order valence-electron chi connectivity index (χ4n) is 3.11. The molecule has 5 nitrogen and oxygen atoms in total. The van der Waals surface area contributed by atoms with Gasteiger partial charge >= 0.3 is 6.03 Å². The van der Waals surface area contributed by atoms with Crippen LogP contribution in [-0.2, 0) is 15.6 Å². The number of nitrogens with zero attached hydrogens (tertiary/aromatic N) is 1. The zero-order valence-corrected chi connectivity index (χ0v) is 14.4. The molecule has 1 aromatic carbocycles. The highest BCUT2D eigenvalue weighted by Crippen LogP contribution is 2.34. The minimum atomic E-state index is -3.15. The average Bonchev–Trinajstić information content (AvgIpc) is 2.64. The van der Waals surface area contributed by atoms with Crippen LogP contribution in [0.4, 0.5) is 10.5 Å². The Bertz CT molecular complexity index is 668. The van der Waals surface area contributed by atoms with E-state index in [1.165, 1.54) is 6.26 Å². The Morgan fingerprint density at radius 3 is 2.55 bits per heavy atom. The summed E-state index contributed by atoms with van der Waals surface area (Å²) in [6.07, 6.45) is 3.13. The topological polar surface area (TPSA) is 66.5 Å². The molecule has 0 bridgehead atoms. The van der Waals surface area contributed by atoms with E-state index in [2.05, 4.69) is 19.2 Å². The van der Waals surface area contributed by atoms with Gasteiger partial charge in [-0.15, -0.1) is 0 Å². The van der Waals surface area contributed by atoms with Crippen molar-refractivity contribution in [1.29, 1.82) is 0 Å². The number of urea groups is 1. The van der Waals surface area contributed by atoms with E-state index >= 15 is 0 Å². The number of sulfone groups is 1. The molecule has 1 unspecified atom stereocenters. The van der Waals surface area contributed by atoms with Crippen LogP contribution in [0.5, 0.6) is 0 Å². The summed E-state index contributed by atoms with van der Waals surface area (Å²) in [5.41, 5.74) is 0.991. The molecule has 0 spiro atoms. The molecule has 22 heavy (non-hydrogen) atoms. The van der Waals surface area contributed by atoms with E-state index in [-0.39, 0.29) is 23.4 Å². The van der Waals surface area contributed by atoms with Crippen LogP contribution in [0.1, 0.15) is 39.2 Å². The van der Waals surface area contributed by atoms with E-state index in [0.717, 1.165) is 12.8 Å². The summed E-state index contributed by atoms with van der Waals surface area (Å²) >= 11 is 0. The van der Waals surface area contributed by atoms with Crippen molar-refractivity contribution >= 4 is 21.6 Å². The summed E-state index contributed by atoms with van der Waals surface area (Å²) in [6.45, 7) is 6.15. The van der Waals surface area contributed by atoms with Gasteiger partial charge < -0.3 is 10.2 Å². The molecule has 2 rings (SSSR count). The first-order valence-electron chi connectivity index (χ1n) is 7.46. The quantitative estimate of drug-likeness (QED) is 0.929. The molecule has 1 heterocycles. The SMILES string of the molecule is CC1CCC(C)(C)N1C(=O)Nc1ccccc1CS(C)(=O)=O. The maximum absolute atomic E-state index is 12.6. The molecule has 1 saturated heterocycles. The van der Waals surface area contributed by atoms with E-state index < -0.39 is 9.84 Å². The van der Waals surface area contributed by atoms with Gasteiger partial charge in [-0.1, -0.05) is 18.2 Å². The van der Waals surface area contributed by atoms with Gasteiger partial charge in [0.25, 0.3) is 0 Å². The second-order valence-electron chi connectivity index (χ2n) is 6.73. The van der Waals surface area contributed by atoms with Gasteiger partial charge in [0.15, 0.2) is 9.84 Å². The predicted molar refractivity (Wildman–Crippen MR) is 88.6 cm³/mol. The second kappa shape index (κ2) is 5.91. The molecule has 1 N–H and O–H groups in total. The normalized spacial score (nSPS) is 20.9. The first-order chi connectivity index (χ1) is 10.1. The Balaban J connectivity index is 2.22. The van der Waals surface area contributed by atoms with Gasteiger partial charge in [-0.3, -0.25) is 0 Å². The molecule has 0 aliphatic carbocycles. The summed E-state index contributed by atoms with van der Waals surface area (Å²) in [5, 5.41) is 2.88. The molecule has 0 radical (unpaired) electrons. The maximum Gasteiger partial charge on any atom is 0.322 e. The molecule has 1 aliphatic rings. The Hall–Kier alpha value is -1.56. The highest BCUT2D eigenvalue weighted by Gasteiger charge is 2.40. The summed E-state index contributed by atoms with van der Waals surface area (Å²) in [6, 6.07) is 7.05. The number of amides is 2. The number of para-hydroxylation sites is 1. The zero-order valence-electron chi connectivity index (χ0n) is 13.6. The highest BCUT2D eigenvalue weighted by atomic mass is 32.2. The molecule has 1 atom stereocenters. The molecule has 1 fully saturated rings. The lowest BCUT2D eigenvalue weighted by atomic mass is 10.0. The Kier molecular flexibility index (Phi) is 4.52.